The Morgan fingerprint density at radius 2 is 2.33 bits per heavy atom. The van der Waals surface area contributed by atoms with Crippen molar-refractivity contribution in [2.24, 2.45) is 0 Å². The fraction of sp³-hybridized carbons (Fsp3) is 0.143. The quantitative estimate of drug-likeness (QED) is 0.727. The van der Waals surface area contributed by atoms with E-state index in [0.29, 0.717) is 5.95 Å². The Morgan fingerprint density at radius 3 is 2.83 bits per heavy atom. The second-order valence-corrected chi connectivity index (χ2v) is 3.12. The average Bonchev–Trinajstić information content (AvgIpc) is 2.58. The van der Waals surface area contributed by atoms with E-state index in [0.717, 1.165) is 16.5 Å². The van der Waals surface area contributed by atoms with E-state index in [2.05, 4.69) is 9.36 Å². The number of aryl methyl sites for hydroxylation is 1. The number of rotatable bonds is 1. The summed E-state index contributed by atoms with van der Waals surface area (Å²) in [5.74, 6) is 1.88. The summed E-state index contributed by atoms with van der Waals surface area (Å²) in [6.07, 6.45) is 0. The molecule has 2 aromatic rings. The van der Waals surface area contributed by atoms with Crippen LogP contribution in [0.2, 0.25) is 0 Å². The van der Waals surface area contributed by atoms with E-state index < -0.39 is 0 Å². The molecule has 0 radical (unpaired) electrons. The number of nitrogen functional groups attached to an aromatic ring is 1. The first-order valence-corrected chi connectivity index (χ1v) is 4.19. The maximum atomic E-state index is 5.37. The van der Waals surface area contributed by atoms with Crippen LogP contribution in [0.15, 0.2) is 16.5 Å². The molecule has 2 aromatic heterocycles. The molecule has 0 saturated heterocycles. The first-order valence-electron chi connectivity index (χ1n) is 3.42. The molecule has 0 unspecified atom stereocenters. The summed E-state index contributed by atoms with van der Waals surface area (Å²) in [6.45, 7) is 1.88. The maximum Gasteiger partial charge on any atom is 0.232 e. The van der Waals surface area contributed by atoms with Crippen molar-refractivity contribution in [2.75, 3.05) is 5.73 Å². The molecule has 0 saturated carbocycles. The van der Waals surface area contributed by atoms with Gasteiger partial charge in [-0.15, -0.1) is 0 Å². The average molecular weight is 181 g/mol. The summed E-state index contributed by atoms with van der Waals surface area (Å²) >= 11 is 1.24. The molecule has 5 heteroatoms. The van der Waals surface area contributed by atoms with Gasteiger partial charge in [-0.1, -0.05) is 0 Å². The highest BCUT2D eigenvalue weighted by Gasteiger charge is 2.07. The van der Waals surface area contributed by atoms with Crippen LogP contribution in [0.5, 0.6) is 0 Å². The molecule has 0 bridgehead atoms. The number of hydrogen-bond acceptors (Lipinski definition) is 5. The van der Waals surface area contributed by atoms with Crippen molar-refractivity contribution in [1.29, 1.82) is 0 Å². The third-order valence-electron chi connectivity index (χ3n) is 1.39. The zero-order valence-corrected chi connectivity index (χ0v) is 7.26. The van der Waals surface area contributed by atoms with Gasteiger partial charge in [-0.25, -0.2) is 0 Å². The van der Waals surface area contributed by atoms with Gasteiger partial charge in [0.2, 0.25) is 5.95 Å². The number of hydrogen-bond donors (Lipinski definition) is 1. The predicted molar refractivity (Wildman–Crippen MR) is 46.8 cm³/mol. The van der Waals surface area contributed by atoms with Gasteiger partial charge in [0, 0.05) is 0 Å². The van der Waals surface area contributed by atoms with Gasteiger partial charge in [0.1, 0.15) is 5.76 Å². The lowest BCUT2D eigenvalue weighted by Gasteiger charge is -1.85. The van der Waals surface area contributed by atoms with E-state index >= 15 is 0 Å². The Hall–Kier alpha value is -1.36. The van der Waals surface area contributed by atoms with Gasteiger partial charge >= 0.3 is 0 Å². The van der Waals surface area contributed by atoms with Crippen molar-refractivity contribution < 1.29 is 4.42 Å². The molecule has 62 valence electrons. The zero-order chi connectivity index (χ0) is 8.55. The maximum absolute atomic E-state index is 5.37. The summed E-state index contributed by atoms with van der Waals surface area (Å²) in [5, 5.41) is 0.723. The number of furan rings is 1. The highest BCUT2D eigenvalue weighted by Crippen LogP contribution is 2.23. The van der Waals surface area contributed by atoms with Crippen molar-refractivity contribution in [1.82, 2.24) is 9.36 Å². The Bertz CT molecular complexity index is 355. The monoisotopic (exact) mass is 181 g/mol. The Labute approximate surface area is 73.2 Å². The van der Waals surface area contributed by atoms with E-state index in [-0.39, 0.29) is 0 Å². The van der Waals surface area contributed by atoms with Crippen molar-refractivity contribution in [3.05, 3.63) is 17.9 Å². The Kier molecular flexibility index (Phi) is 1.58. The van der Waals surface area contributed by atoms with Crippen LogP contribution in [0.1, 0.15) is 5.76 Å². The van der Waals surface area contributed by atoms with E-state index in [1.54, 1.807) is 0 Å². The topological polar surface area (TPSA) is 64.9 Å². The summed E-state index contributed by atoms with van der Waals surface area (Å²) in [6, 6.07) is 3.74. The van der Waals surface area contributed by atoms with Gasteiger partial charge in [-0.05, 0) is 30.6 Å². The lowest BCUT2D eigenvalue weighted by Crippen LogP contribution is -1.84. The summed E-state index contributed by atoms with van der Waals surface area (Å²) in [4.78, 5) is 3.99. The number of nitrogens with zero attached hydrogens (tertiary/aromatic N) is 2. The van der Waals surface area contributed by atoms with Crippen LogP contribution < -0.4 is 5.73 Å². The molecule has 0 amide bonds. The SMILES string of the molecule is Cc1ccc(-c2nc(N)ns2)o1. The molecular weight excluding hydrogens is 174 g/mol. The van der Waals surface area contributed by atoms with Crippen LogP contribution >= 0.6 is 11.5 Å². The van der Waals surface area contributed by atoms with Crippen LogP contribution in [-0.4, -0.2) is 9.36 Å². The molecule has 0 aliphatic carbocycles. The number of aromatic nitrogens is 2. The van der Waals surface area contributed by atoms with Crippen molar-refractivity contribution in [2.45, 2.75) is 6.92 Å². The second kappa shape index (κ2) is 2.60. The predicted octanol–water partition coefficient (Wildman–Crippen LogP) is 1.69. The molecule has 0 fully saturated rings. The highest BCUT2D eigenvalue weighted by atomic mass is 32.1. The number of nitrogens with two attached hydrogens (primary N) is 1. The fourth-order valence-corrected chi connectivity index (χ4v) is 1.44. The molecule has 2 N–H and O–H groups in total. The molecule has 0 spiro atoms. The molecule has 0 aliphatic heterocycles. The lowest BCUT2D eigenvalue weighted by molar-refractivity contribution is 0.548. The second-order valence-electron chi connectivity index (χ2n) is 2.37. The van der Waals surface area contributed by atoms with Gasteiger partial charge in [-0.2, -0.15) is 9.36 Å². The first-order chi connectivity index (χ1) is 5.75. The van der Waals surface area contributed by atoms with E-state index in [4.69, 9.17) is 10.2 Å². The van der Waals surface area contributed by atoms with Gasteiger partial charge in [0.15, 0.2) is 10.8 Å². The largest absolute Gasteiger partial charge is 0.459 e. The van der Waals surface area contributed by atoms with Gasteiger partial charge < -0.3 is 10.2 Å². The van der Waals surface area contributed by atoms with Crippen molar-refractivity contribution in [3.8, 4) is 10.8 Å². The molecule has 0 atom stereocenters. The highest BCUT2D eigenvalue weighted by molar-refractivity contribution is 7.09. The molecular formula is C7H7N3OS. The summed E-state index contributed by atoms with van der Waals surface area (Å²) in [5.41, 5.74) is 5.37. The van der Waals surface area contributed by atoms with Crippen LogP contribution in [-0.2, 0) is 0 Å². The first kappa shape index (κ1) is 7.30. The van der Waals surface area contributed by atoms with E-state index in [9.17, 15) is 0 Å². The van der Waals surface area contributed by atoms with Crippen molar-refractivity contribution >= 4 is 17.5 Å². The van der Waals surface area contributed by atoms with E-state index in [1.807, 2.05) is 19.1 Å². The van der Waals surface area contributed by atoms with Crippen molar-refractivity contribution in [3.63, 3.8) is 0 Å². The third kappa shape index (κ3) is 1.18. The van der Waals surface area contributed by atoms with Gasteiger partial charge in [-0.3, -0.25) is 0 Å². The molecule has 0 aromatic carbocycles. The molecule has 12 heavy (non-hydrogen) atoms. The minimum atomic E-state index is 0.295. The Balaban J connectivity index is 2.43. The van der Waals surface area contributed by atoms with Crippen LogP contribution in [0.4, 0.5) is 5.95 Å². The number of anilines is 1. The van der Waals surface area contributed by atoms with Crippen LogP contribution in [0, 0.1) is 6.92 Å². The third-order valence-corrected chi connectivity index (χ3v) is 2.14. The summed E-state index contributed by atoms with van der Waals surface area (Å²) in [7, 11) is 0. The minimum absolute atomic E-state index is 0.295. The molecule has 2 heterocycles. The van der Waals surface area contributed by atoms with Crippen LogP contribution in [0.25, 0.3) is 10.8 Å². The van der Waals surface area contributed by atoms with Gasteiger partial charge in [0.25, 0.3) is 0 Å². The zero-order valence-electron chi connectivity index (χ0n) is 6.44. The Morgan fingerprint density at radius 1 is 1.50 bits per heavy atom. The molecule has 4 nitrogen and oxygen atoms in total. The minimum Gasteiger partial charge on any atom is -0.459 e. The fourth-order valence-electron chi connectivity index (χ4n) is 0.884. The smallest absolute Gasteiger partial charge is 0.232 e. The summed E-state index contributed by atoms with van der Waals surface area (Å²) < 4.78 is 9.19. The molecule has 0 aliphatic rings. The molecule has 2 rings (SSSR count). The lowest BCUT2D eigenvalue weighted by atomic mass is 10.4. The van der Waals surface area contributed by atoms with Gasteiger partial charge in [0.05, 0.1) is 0 Å². The van der Waals surface area contributed by atoms with E-state index in [1.165, 1.54) is 11.5 Å². The standard InChI is InChI=1S/C7H7N3OS/c1-4-2-3-5(11-4)6-9-7(8)10-12-6/h2-3H,1H3,(H2,8,10). The van der Waals surface area contributed by atoms with Crippen LogP contribution in [0.3, 0.4) is 0 Å². The normalized spacial score (nSPS) is 10.4.